The Kier molecular flexibility index (Phi) is 5.88. The van der Waals surface area contributed by atoms with E-state index in [2.05, 4.69) is 15.0 Å². The summed E-state index contributed by atoms with van der Waals surface area (Å²) in [5.41, 5.74) is 1.17. The van der Waals surface area contributed by atoms with E-state index >= 15 is 0 Å². The molecule has 0 aromatic carbocycles. The molecule has 2 aromatic rings. The summed E-state index contributed by atoms with van der Waals surface area (Å²) < 4.78 is 0. The summed E-state index contributed by atoms with van der Waals surface area (Å²) in [5.74, 6) is -0.506. The van der Waals surface area contributed by atoms with Crippen molar-refractivity contribution in [2.75, 3.05) is 26.7 Å². The molecule has 1 fully saturated rings. The second kappa shape index (κ2) is 8.51. The van der Waals surface area contributed by atoms with Crippen LogP contribution in [0, 0.1) is 0 Å². The van der Waals surface area contributed by atoms with E-state index in [-0.39, 0.29) is 23.2 Å². The molecule has 3 rings (SSSR count). The summed E-state index contributed by atoms with van der Waals surface area (Å²) in [6.45, 7) is 1.90. The Morgan fingerprint density at radius 2 is 1.73 bits per heavy atom. The Morgan fingerprint density at radius 3 is 2.42 bits per heavy atom. The van der Waals surface area contributed by atoms with Gasteiger partial charge in [-0.25, -0.2) is 9.97 Å². The summed E-state index contributed by atoms with van der Waals surface area (Å²) in [6.07, 6.45) is 8.38. The zero-order chi connectivity index (χ0) is 18.4. The molecule has 1 aliphatic heterocycles. The van der Waals surface area contributed by atoms with Crippen LogP contribution in [0.2, 0.25) is 0 Å². The third-order valence-electron chi connectivity index (χ3n) is 4.52. The maximum Gasteiger partial charge on any atom is 0.274 e. The van der Waals surface area contributed by atoms with Gasteiger partial charge >= 0.3 is 0 Å². The van der Waals surface area contributed by atoms with Crippen molar-refractivity contribution in [3.8, 4) is 0 Å². The minimum absolute atomic E-state index is 0.117. The van der Waals surface area contributed by atoms with Crippen LogP contribution in [0.5, 0.6) is 0 Å². The molecule has 0 aliphatic carbocycles. The number of pyridine rings is 1. The number of likely N-dealkylation sites (N-methyl/N-ethyl adjacent to an activating group) is 1. The van der Waals surface area contributed by atoms with Crippen molar-refractivity contribution < 1.29 is 9.59 Å². The van der Waals surface area contributed by atoms with Gasteiger partial charge in [0, 0.05) is 57.4 Å². The van der Waals surface area contributed by atoms with Gasteiger partial charge in [-0.2, -0.15) is 0 Å². The molecule has 2 amide bonds. The molecule has 1 aliphatic rings. The first-order chi connectivity index (χ1) is 12.7. The maximum atomic E-state index is 12.8. The minimum atomic E-state index is -0.297. The Hall–Kier alpha value is -2.83. The van der Waals surface area contributed by atoms with Crippen molar-refractivity contribution in [2.45, 2.75) is 25.7 Å². The molecule has 136 valence electrons. The van der Waals surface area contributed by atoms with Gasteiger partial charge in [0.2, 0.25) is 0 Å². The van der Waals surface area contributed by atoms with Crippen LogP contribution in [-0.2, 0) is 6.42 Å². The zero-order valence-corrected chi connectivity index (χ0v) is 15.0. The number of amides is 2. The number of hydrogen-bond donors (Lipinski definition) is 0. The highest BCUT2D eigenvalue weighted by molar-refractivity contribution is 6.04. The minimum Gasteiger partial charge on any atom is -0.340 e. The maximum absolute atomic E-state index is 12.8. The Morgan fingerprint density at radius 1 is 1.00 bits per heavy atom. The molecule has 2 aromatic heterocycles. The lowest BCUT2D eigenvalue weighted by atomic mass is 10.1. The smallest absolute Gasteiger partial charge is 0.274 e. The third-order valence-corrected chi connectivity index (χ3v) is 4.52. The van der Waals surface area contributed by atoms with Gasteiger partial charge in [-0.05, 0) is 31.4 Å². The number of nitrogens with zero attached hydrogens (tertiary/aromatic N) is 5. The summed E-state index contributed by atoms with van der Waals surface area (Å²) in [4.78, 5) is 41.5. The highest BCUT2D eigenvalue weighted by atomic mass is 16.2. The Bertz CT molecular complexity index is 760. The number of carbonyl (C=O) groups excluding carboxylic acids is 2. The molecule has 0 atom stereocenters. The number of piperidine rings is 1. The van der Waals surface area contributed by atoms with Crippen LogP contribution in [0.3, 0.4) is 0 Å². The van der Waals surface area contributed by atoms with Crippen LogP contribution in [-0.4, -0.2) is 63.2 Å². The first-order valence-electron chi connectivity index (χ1n) is 8.92. The fourth-order valence-corrected chi connectivity index (χ4v) is 3.01. The van der Waals surface area contributed by atoms with Gasteiger partial charge in [0.05, 0.1) is 0 Å². The largest absolute Gasteiger partial charge is 0.340 e. The van der Waals surface area contributed by atoms with Crippen LogP contribution < -0.4 is 0 Å². The van der Waals surface area contributed by atoms with Crippen molar-refractivity contribution in [3.63, 3.8) is 0 Å². The van der Waals surface area contributed by atoms with Crippen LogP contribution in [0.25, 0.3) is 0 Å². The Balaban J connectivity index is 1.71. The van der Waals surface area contributed by atoms with Crippen LogP contribution in [0.1, 0.15) is 45.9 Å². The summed E-state index contributed by atoms with van der Waals surface area (Å²) in [6, 6.07) is 5.70. The highest BCUT2D eigenvalue weighted by Gasteiger charge is 2.27. The summed E-state index contributed by atoms with van der Waals surface area (Å²) in [5, 5.41) is 0. The van der Waals surface area contributed by atoms with E-state index in [1.165, 1.54) is 12.4 Å². The van der Waals surface area contributed by atoms with Gasteiger partial charge < -0.3 is 9.80 Å². The van der Waals surface area contributed by atoms with E-state index < -0.39 is 0 Å². The van der Waals surface area contributed by atoms with Gasteiger partial charge in [-0.15, -0.1) is 0 Å². The lowest BCUT2D eigenvalue weighted by Crippen LogP contribution is -2.38. The van der Waals surface area contributed by atoms with Crippen molar-refractivity contribution >= 4 is 11.8 Å². The van der Waals surface area contributed by atoms with Gasteiger partial charge in [-0.3, -0.25) is 14.6 Å². The molecule has 0 radical (unpaired) electrons. The standard InChI is InChI=1S/C19H23N5O2/c1-23(14-8-15-7-3-4-9-20-15)18(25)16-17(22-11-10-21-16)19(26)24-12-5-2-6-13-24/h3-4,7,9-11H,2,5-6,8,12-14H2,1H3. The molecule has 0 saturated carbocycles. The van der Waals surface area contributed by atoms with E-state index in [0.717, 1.165) is 25.0 Å². The fraction of sp³-hybridized carbons (Fsp3) is 0.421. The molecule has 0 bridgehead atoms. The Labute approximate surface area is 153 Å². The average molecular weight is 353 g/mol. The first kappa shape index (κ1) is 18.0. The van der Waals surface area contributed by atoms with Gasteiger partial charge in [-0.1, -0.05) is 6.07 Å². The monoisotopic (exact) mass is 353 g/mol. The third kappa shape index (κ3) is 4.22. The zero-order valence-electron chi connectivity index (χ0n) is 15.0. The van der Waals surface area contributed by atoms with E-state index in [0.29, 0.717) is 26.1 Å². The SMILES string of the molecule is CN(CCc1ccccn1)C(=O)c1nccnc1C(=O)N1CCCCC1. The summed E-state index contributed by atoms with van der Waals surface area (Å²) >= 11 is 0. The molecular weight excluding hydrogens is 330 g/mol. The van der Waals surface area contributed by atoms with Crippen LogP contribution in [0.4, 0.5) is 0 Å². The predicted octanol–water partition coefficient (Wildman–Crippen LogP) is 1.81. The number of aromatic nitrogens is 3. The van der Waals surface area contributed by atoms with Crippen LogP contribution >= 0.6 is 0 Å². The van der Waals surface area contributed by atoms with Gasteiger partial charge in [0.1, 0.15) is 0 Å². The molecule has 0 spiro atoms. The molecule has 7 nitrogen and oxygen atoms in total. The van der Waals surface area contributed by atoms with Crippen LogP contribution in [0.15, 0.2) is 36.8 Å². The molecular formula is C19H23N5O2. The van der Waals surface area contributed by atoms with E-state index in [4.69, 9.17) is 0 Å². The topological polar surface area (TPSA) is 79.3 Å². The second-order valence-electron chi connectivity index (χ2n) is 6.40. The lowest BCUT2D eigenvalue weighted by Gasteiger charge is -2.27. The highest BCUT2D eigenvalue weighted by Crippen LogP contribution is 2.14. The summed E-state index contributed by atoms with van der Waals surface area (Å²) in [7, 11) is 1.70. The predicted molar refractivity (Wildman–Crippen MR) is 96.7 cm³/mol. The van der Waals surface area contributed by atoms with E-state index in [1.54, 1.807) is 23.0 Å². The average Bonchev–Trinajstić information content (AvgIpc) is 2.72. The number of likely N-dealkylation sites (tertiary alicyclic amines) is 1. The quantitative estimate of drug-likeness (QED) is 0.819. The fourth-order valence-electron chi connectivity index (χ4n) is 3.01. The number of rotatable bonds is 5. The molecule has 26 heavy (non-hydrogen) atoms. The second-order valence-corrected chi connectivity index (χ2v) is 6.40. The van der Waals surface area contributed by atoms with Crippen molar-refractivity contribution in [2.24, 2.45) is 0 Å². The van der Waals surface area contributed by atoms with Gasteiger partial charge in [0.15, 0.2) is 11.4 Å². The van der Waals surface area contributed by atoms with Crippen molar-refractivity contribution in [1.82, 2.24) is 24.8 Å². The molecule has 3 heterocycles. The number of carbonyl (C=O) groups is 2. The lowest BCUT2D eigenvalue weighted by molar-refractivity contribution is 0.0698. The molecule has 0 unspecified atom stereocenters. The number of hydrogen-bond acceptors (Lipinski definition) is 5. The van der Waals surface area contributed by atoms with E-state index in [1.807, 2.05) is 18.2 Å². The normalized spacial score (nSPS) is 14.1. The van der Waals surface area contributed by atoms with Crippen molar-refractivity contribution in [1.29, 1.82) is 0 Å². The first-order valence-corrected chi connectivity index (χ1v) is 8.92. The molecule has 1 saturated heterocycles. The van der Waals surface area contributed by atoms with Crippen molar-refractivity contribution in [3.05, 3.63) is 53.9 Å². The molecule has 7 heteroatoms. The van der Waals surface area contributed by atoms with Gasteiger partial charge in [0.25, 0.3) is 11.8 Å². The van der Waals surface area contributed by atoms with E-state index in [9.17, 15) is 9.59 Å². The molecule has 0 N–H and O–H groups in total.